The lowest BCUT2D eigenvalue weighted by atomic mass is 10.0. The molecule has 1 saturated carbocycles. The lowest BCUT2D eigenvalue weighted by Gasteiger charge is -2.23. The molecule has 0 saturated heterocycles. The molecule has 0 radical (unpaired) electrons. The topological polar surface area (TPSA) is 23.8 Å². The first kappa shape index (κ1) is 8.42. The maximum atomic E-state index is 8.43. The van der Waals surface area contributed by atoms with Gasteiger partial charge in [0.25, 0.3) is 0 Å². The summed E-state index contributed by atoms with van der Waals surface area (Å²) >= 11 is 5.00. The average molecular weight is 220 g/mol. The molecular formula is C7H10BrNS. The summed E-state index contributed by atoms with van der Waals surface area (Å²) < 4.78 is 0. The van der Waals surface area contributed by atoms with E-state index in [4.69, 9.17) is 5.26 Å². The van der Waals surface area contributed by atoms with Gasteiger partial charge in [0.05, 0.1) is 0 Å². The maximum Gasteiger partial charge on any atom is 0.133 e. The zero-order chi connectivity index (χ0) is 7.40. The van der Waals surface area contributed by atoms with Crippen LogP contribution in [-0.4, -0.2) is 10.1 Å². The van der Waals surface area contributed by atoms with Crippen LogP contribution in [0.1, 0.15) is 25.7 Å². The van der Waals surface area contributed by atoms with E-state index >= 15 is 0 Å². The fraction of sp³-hybridized carbons (Fsp3) is 0.857. The van der Waals surface area contributed by atoms with Crippen LogP contribution in [0, 0.1) is 10.7 Å². The fourth-order valence-electron chi connectivity index (χ4n) is 1.25. The van der Waals surface area contributed by atoms with Gasteiger partial charge >= 0.3 is 0 Å². The molecule has 0 heterocycles. The van der Waals surface area contributed by atoms with Gasteiger partial charge in [-0.15, -0.1) is 0 Å². The van der Waals surface area contributed by atoms with E-state index < -0.39 is 0 Å². The third-order valence-corrected chi connectivity index (χ3v) is 4.24. The molecule has 1 aliphatic rings. The van der Waals surface area contributed by atoms with E-state index in [9.17, 15) is 0 Å². The van der Waals surface area contributed by atoms with Crippen LogP contribution in [0.25, 0.3) is 0 Å². The second-order valence-electron chi connectivity index (χ2n) is 2.55. The Bertz CT molecular complexity index is 143. The van der Waals surface area contributed by atoms with Crippen molar-refractivity contribution in [3.8, 4) is 5.40 Å². The van der Waals surface area contributed by atoms with E-state index in [2.05, 4.69) is 21.3 Å². The Hall–Kier alpha value is 0.320. The van der Waals surface area contributed by atoms with Gasteiger partial charge in [-0.3, -0.25) is 0 Å². The van der Waals surface area contributed by atoms with Gasteiger partial charge in [-0.2, -0.15) is 5.26 Å². The van der Waals surface area contributed by atoms with Crippen LogP contribution >= 0.6 is 27.7 Å². The number of hydrogen-bond donors (Lipinski definition) is 0. The Balaban J connectivity index is 2.34. The molecular weight excluding hydrogens is 210 g/mol. The highest BCUT2D eigenvalue weighted by Gasteiger charge is 2.22. The molecule has 0 aromatic carbocycles. The first-order valence-electron chi connectivity index (χ1n) is 3.53. The molecule has 3 heteroatoms. The Labute approximate surface area is 74.3 Å². The van der Waals surface area contributed by atoms with Crippen molar-refractivity contribution < 1.29 is 0 Å². The number of hydrogen-bond acceptors (Lipinski definition) is 2. The molecule has 1 fully saturated rings. The highest BCUT2D eigenvalue weighted by atomic mass is 79.9. The summed E-state index contributed by atoms with van der Waals surface area (Å²) in [5, 5.41) is 11.1. The highest BCUT2D eigenvalue weighted by Crippen LogP contribution is 2.32. The van der Waals surface area contributed by atoms with Crippen LogP contribution in [0.4, 0.5) is 0 Å². The number of alkyl halides is 1. The van der Waals surface area contributed by atoms with Gasteiger partial charge in [-0.25, -0.2) is 0 Å². The van der Waals surface area contributed by atoms with E-state index in [1.54, 1.807) is 0 Å². The molecule has 0 spiro atoms. The number of halogens is 1. The smallest absolute Gasteiger partial charge is 0.133 e. The second-order valence-corrected chi connectivity index (χ2v) is 4.75. The summed E-state index contributed by atoms with van der Waals surface area (Å²) in [6, 6.07) is 0. The Kier molecular flexibility index (Phi) is 3.58. The first-order valence-corrected chi connectivity index (χ1v) is 5.33. The van der Waals surface area contributed by atoms with Crippen molar-refractivity contribution in [2.24, 2.45) is 0 Å². The van der Waals surface area contributed by atoms with Crippen molar-refractivity contribution in [3.63, 3.8) is 0 Å². The number of thioether (sulfide) groups is 1. The predicted octanol–water partition coefficient (Wildman–Crippen LogP) is 2.91. The van der Waals surface area contributed by atoms with E-state index in [0.29, 0.717) is 10.1 Å². The van der Waals surface area contributed by atoms with Crippen LogP contribution in [-0.2, 0) is 0 Å². The van der Waals surface area contributed by atoms with Gasteiger partial charge < -0.3 is 0 Å². The molecule has 56 valence electrons. The zero-order valence-electron chi connectivity index (χ0n) is 5.72. The Morgan fingerprint density at radius 3 is 2.70 bits per heavy atom. The van der Waals surface area contributed by atoms with Crippen molar-refractivity contribution in [1.29, 1.82) is 5.26 Å². The maximum absolute atomic E-state index is 8.43. The summed E-state index contributed by atoms with van der Waals surface area (Å²) in [4.78, 5) is 0.575. The minimum absolute atomic E-state index is 0.541. The molecule has 0 aliphatic heterocycles. The molecule has 2 atom stereocenters. The van der Waals surface area contributed by atoms with Gasteiger partial charge in [-0.1, -0.05) is 28.8 Å². The minimum atomic E-state index is 0.541. The van der Waals surface area contributed by atoms with E-state index in [-0.39, 0.29) is 0 Å². The monoisotopic (exact) mass is 219 g/mol. The molecule has 0 amide bonds. The van der Waals surface area contributed by atoms with Crippen molar-refractivity contribution >= 4 is 27.7 Å². The number of rotatable bonds is 1. The van der Waals surface area contributed by atoms with Crippen LogP contribution < -0.4 is 0 Å². The molecule has 0 aromatic rings. The third-order valence-electron chi connectivity index (χ3n) is 1.83. The average Bonchev–Trinajstić information content (AvgIpc) is 1.94. The quantitative estimate of drug-likeness (QED) is 0.501. The van der Waals surface area contributed by atoms with Crippen LogP contribution in [0.2, 0.25) is 0 Å². The zero-order valence-corrected chi connectivity index (χ0v) is 8.12. The summed E-state index contributed by atoms with van der Waals surface area (Å²) in [6.07, 6.45) is 5.05. The Morgan fingerprint density at radius 2 is 2.10 bits per heavy atom. The molecule has 1 nitrogen and oxygen atoms in total. The van der Waals surface area contributed by atoms with Gasteiger partial charge in [0.2, 0.25) is 0 Å². The Morgan fingerprint density at radius 1 is 1.40 bits per heavy atom. The molecule has 1 aliphatic carbocycles. The molecule has 1 rings (SSSR count). The SMILES string of the molecule is N#CS[C@@H]1CCCC[C@H]1Br. The minimum Gasteiger partial charge on any atom is -0.185 e. The van der Waals surface area contributed by atoms with E-state index in [1.165, 1.54) is 37.4 Å². The van der Waals surface area contributed by atoms with Crippen molar-refractivity contribution in [2.45, 2.75) is 35.8 Å². The van der Waals surface area contributed by atoms with Gasteiger partial charge in [-0.05, 0) is 24.6 Å². The summed E-state index contributed by atoms with van der Waals surface area (Å²) in [5.41, 5.74) is 0. The number of nitriles is 1. The fourth-order valence-corrected chi connectivity index (χ4v) is 2.87. The third kappa shape index (κ3) is 2.17. The standard InChI is InChI=1S/C7H10BrNS/c8-6-3-1-2-4-7(6)10-5-9/h6-7H,1-4H2/t6-,7-/m1/s1. The lowest BCUT2D eigenvalue weighted by Crippen LogP contribution is -2.20. The number of nitrogens with zero attached hydrogens (tertiary/aromatic N) is 1. The molecule has 0 N–H and O–H groups in total. The van der Waals surface area contributed by atoms with Gasteiger partial charge in [0.15, 0.2) is 0 Å². The van der Waals surface area contributed by atoms with Crippen LogP contribution in [0.15, 0.2) is 0 Å². The van der Waals surface area contributed by atoms with Crippen molar-refractivity contribution in [1.82, 2.24) is 0 Å². The van der Waals surface area contributed by atoms with Gasteiger partial charge in [0.1, 0.15) is 5.40 Å². The molecule has 10 heavy (non-hydrogen) atoms. The molecule has 0 aromatic heterocycles. The van der Waals surface area contributed by atoms with E-state index in [1.807, 2.05) is 0 Å². The second kappa shape index (κ2) is 4.25. The summed E-state index contributed by atoms with van der Waals surface area (Å²) in [6.45, 7) is 0. The highest BCUT2D eigenvalue weighted by molar-refractivity contribution is 9.09. The summed E-state index contributed by atoms with van der Waals surface area (Å²) in [5.74, 6) is 0. The lowest BCUT2D eigenvalue weighted by molar-refractivity contribution is 0.534. The normalized spacial score (nSPS) is 33.2. The summed E-state index contributed by atoms with van der Waals surface area (Å²) in [7, 11) is 0. The largest absolute Gasteiger partial charge is 0.185 e. The van der Waals surface area contributed by atoms with E-state index in [0.717, 1.165) is 0 Å². The first-order chi connectivity index (χ1) is 4.84. The molecule has 0 bridgehead atoms. The van der Waals surface area contributed by atoms with Crippen LogP contribution in [0.3, 0.4) is 0 Å². The van der Waals surface area contributed by atoms with Crippen LogP contribution in [0.5, 0.6) is 0 Å². The van der Waals surface area contributed by atoms with Gasteiger partial charge in [0, 0.05) is 10.1 Å². The predicted molar refractivity (Wildman–Crippen MR) is 48.2 cm³/mol. The van der Waals surface area contributed by atoms with Crippen molar-refractivity contribution in [3.05, 3.63) is 0 Å². The molecule has 0 unspecified atom stereocenters. The van der Waals surface area contributed by atoms with Crippen molar-refractivity contribution in [2.75, 3.05) is 0 Å². The number of thiocyanates is 1.